The molecule has 0 aromatic carbocycles. The third-order valence-corrected chi connectivity index (χ3v) is 3.20. The van der Waals surface area contributed by atoms with Crippen LogP contribution in [0.2, 0.25) is 0 Å². The molecule has 0 rings (SSSR count). The maximum absolute atomic E-state index is 10.2. The van der Waals surface area contributed by atoms with Gasteiger partial charge in [-0.2, -0.15) is 0 Å². The zero-order chi connectivity index (χ0) is 14.2. The summed E-state index contributed by atoms with van der Waals surface area (Å²) in [5.74, 6) is -0.929. The number of carbonyl (C=O) groups excluding carboxylic acids is 1. The van der Waals surface area contributed by atoms with Gasteiger partial charge < -0.3 is 15.0 Å². The summed E-state index contributed by atoms with van der Waals surface area (Å²) >= 11 is 0. The largest absolute Gasteiger partial charge is 0.550 e. The van der Waals surface area contributed by atoms with Gasteiger partial charge in [0.15, 0.2) is 0 Å². The number of hydrogen-bond donors (Lipinski definition) is 1. The summed E-state index contributed by atoms with van der Waals surface area (Å²) in [4.78, 5) is 10.2. The van der Waals surface area contributed by atoms with Crippen LogP contribution in [0, 0.1) is 0 Å². The van der Waals surface area contributed by atoms with E-state index in [-0.39, 0.29) is 6.42 Å². The van der Waals surface area contributed by atoms with Gasteiger partial charge in [-0.15, -0.1) is 0 Å². The van der Waals surface area contributed by atoms with Crippen molar-refractivity contribution in [3.05, 3.63) is 12.2 Å². The van der Waals surface area contributed by atoms with Gasteiger partial charge >= 0.3 is 0 Å². The van der Waals surface area contributed by atoms with Crippen molar-refractivity contribution in [2.24, 2.45) is 0 Å². The number of carboxylic acids is 1. The highest BCUT2D eigenvalue weighted by Crippen LogP contribution is 2.08. The fourth-order valence-electron chi connectivity index (χ4n) is 2.03. The maximum Gasteiger partial charge on any atom is 0.0431 e. The number of carbonyl (C=O) groups is 1. The minimum absolute atomic E-state index is 0.205. The Bertz CT molecular complexity index is 224. The summed E-state index contributed by atoms with van der Waals surface area (Å²) in [6.45, 7) is 0.318. The van der Waals surface area contributed by atoms with Crippen molar-refractivity contribution in [3.8, 4) is 0 Å². The van der Waals surface area contributed by atoms with Crippen LogP contribution in [0.25, 0.3) is 0 Å². The van der Waals surface area contributed by atoms with E-state index < -0.39 is 5.97 Å². The number of aliphatic hydroxyl groups excluding tert-OH is 1. The molecule has 0 unspecified atom stereocenters. The van der Waals surface area contributed by atoms with E-state index in [1.165, 1.54) is 25.7 Å². The zero-order valence-corrected chi connectivity index (χ0v) is 12.1. The van der Waals surface area contributed by atoms with Crippen LogP contribution in [0.1, 0.15) is 77.0 Å². The van der Waals surface area contributed by atoms with E-state index in [2.05, 4.69) is 12.2 Å². The van der Waals surface area contributed by atoms with E-state index in [1.54, 1.807) is 0 Å². The molecule has 0 heterocycles. The van der Waals surface area contributed by atoms with Gasteiger partial charge in [-0.05, 0) is 44.9 Å². The summed E-state index contributed by atoms with van der Waals surface area (Å²) in [7, 11) is 0. The van der Waals surface area contributed by atoms with Crippen molar-refractivity contribution in [2.45, 2.75) is 77.0 Å². The molecule has 0 aliphatic carbocycles. The molecule has 0 aliphatic rings. The first-order valence-corrected chi connectivity index (χ1v) is 7.73. The Kier molecular flexibility index (Phi) is 14.6. The molecule has 0 aromatic rings. The molecule has 0 radical (unpaired) electrons. The highest BCUT2D eigenvalue weighted by Gasteiger charge is 1.91. The lowest BCUT2D eigenvalue weighted by Gasteiger charge is -2.01. The molecule has 0 fully saturated rings. The van der Waals surface area contributed by atoms with Gasteiger partial charge in [-0.1, -0.05) is 44.3 Å². The first-order valence-electron chi connectivity index (χ1n) is 7.73. The normalized spacial score (nSPS) is 11.2. The number of allylic oxidation sites excluding steroid dienone is 2. The molecule has 1 N–H and O–H groups in total. The first-order chi connectivity index (χ1) is 9.27. The molecule has 0 saturated heterocycles. The van der Waals surface area contributed by atoms with Crippen LogP contribution in [0.15, 0.2) is 12.2 Å². The predicted molar refractivity (Wildman–Crippen MR) is 76.6 cm³/mol. The maximum atomic E-state index is 10.2. The monoisotopic (exact) mass is 269 g/mol. The summed E-state index contributed by atoms with van der Waals surface area (Å²) in [6.07, 6.45) is 16.8. The number of aliphatic carboxylic acids is 1. The van der Waals surface area contributed by atoms with Crippen molar-refractivity contribution in [1.29, 1.82) is 0 Å². The van der Waals surface area contributed by atoms with Crippen LogP contribution in [-0.2, 0) is 4.79 Å². The van der Waals surface area contributed by atoms with Gasteiger partial charge in [0.1, 0.15) is 0 Å². The van der Waals surface area contributed by atoms with Gasteiger partial charge in [0.2, 0.25) is 0 Å². The molecule has 3 nitrogen and oxygen atoms in total. The number of carboxylic acid groups (broad SMARTS) is 1. The van der Waals surface area contributed by atoms with Gasteiger partial charge in [-0.25, -0.2) is 0 Å². The van der Waals surface area contributed by atoms with Crippen molar-refractivity contribution in [1.82, 2.24) is 0 Å². The predicted octanol–water partition coefficient (Wildman–Crippen LogP) is 2.97. The Balaban J connectivity index is 3.06. The SMILES string of the molecule is O=C([O-])CCCCCCC/C=C\CCCCCCO. The molecule has 0 amide bonds. The number of unbranched alkanes of at least 4 members (excludes halogenated alkanes) is 9. The van der Waals surface area contributed by atoms with E-state index in [9.17, 15) is 9.90 Å². The lowest BCUT2D eigenvalue weighted by Crippen LogP contribution is -2.21. The molecule has 0 bridgehead atoms. The van der Waals surface area contributed by atoms with Gasteiger partial charge in [0.25, 0.3) is 0 Å². The van der Waals surface area contributed by atoms with E-state index in [0.29, 0.717) is 6.61 Å². The van der Waals surface area contributed by atoms with Crippen LogP contribution in [0.5, 0.6) is 0 Å². The molecule has 0 spiro atoms. The quantitative estimate of drug-likeness (QED) is 0.389. The Morgan fingerprint density at radius 1 is 0.789 bits per heavy atom. The van der Waals surface area contributed by atoms with Crippen LogP contribution < -0.4 is 5.11 Å². The molecule has 112 valence electrons. The Hall–Kier alpha value is -0.830. The van der Waals surface area contributed by atoms with Crippen molar-refractivity contribution in [2.75, 3.05) is 6.61 Å². The third kappa shape index (κ3) is 17.2. The van der Waals surface area contributed by atoms with Gasteiger partial charge in [0.05, 0.1) is 0 Å². The van der Waals surface area contributed by atoms with Crippen LogP contribution in [-0.4, -0.2) is 17.7 Å². The number of rotatable bonds is 14. The second-order valence-corrected chi connectivity index (χ2v) is 5.08. The minimum atomic E-state index is -0.929. The molecule has 0 saturated carbocycles. The van der Waals surface area contributed by atoms with E-state index in [1.807, 2.05) is 0 Å². The smallest absolute Gasteiger partial charge is 0.0431 e. The second-order valence-electron chi connectivity index (χ2n) is 5.08. The fourth-order valence-corrected chi connectivity index (χ4v) is 2.03. The Morgan fingerprint density at radius 3 is 1.79 bits per heavy atom. The minimum Gasteiger partial charge on any atom is -0.550 e. The molecule has 0 aliphatic heterocycles. The average molecular weight is 269 g/mol. The van der Waals surface area contributed by atoms with Gasteiger partial charge in [0, 0.05) is 12.6 Å². The van der Waals surface area contributed by atoms with Crippen molar-refractivity contribution >= 4 is 5.97 Å². The van der Waals surface area contributed by atoms with Crippen molar-refractivity contribution < 1.29 is 15.0 Å². The van der Waals surface area contributed by atoms with E-state index in [4.69, 9.17) is 5.11 Å². The molecular weight excluding hydrogens is 240 g/mol. The molecule has 3 heteroatoms. The molecule has 0 aromatic heterocycles. The summed E-state index contributed by atoms with van der Waals surface area (Å²) in [6, 6.07) is 0. The lowest BCUT2D eigenvalue weighted by atomic mass is 10.1. The topological polar surface area (TPSA) is 60.4 Å². The second kappa shape index (κ2) is 15.2. The number of hydrogen-bond acceptors (Lipinski definition) is 3. The van der Waals surface area contributed by atoms with Crippen molar-refractivity contribution in [3.63, 3.8) is 0 Å². The summed E-state index contributed by atoms with van der Waals surface area (Å²) in [5, 5.41) is 18.8. The highest BCUT2D eigenvalue weighted by atomic mass is 16.4. The Labute approximate surface area is 117 Å². The summed E-state index contributed by atoms with van der Waals surface area (Å²) < 4.78 is 0. The number of aliphatic hydroxyl groups is 1. The highest BCUT2D eigenvalue weighted by molar-refractivity contribution is 5.63. The lowest BCUT2D eigenvalue weighted by molar-refractivity contribution is -0.305. The third-order valence-electron chi connectivity index (χ3n) is 3.20. The Morgan fingerprint density at radius 2 is 1.26 bits per heavy atom. The van der Waals surface area contributed by atoms with Crippen LogP contribution in [0.3, 0.4) is 0 Å². The standard InChI is InChI=1S/C16H30O3/c17-15-13-11-9-7-5-3-1-2-4-6-8-10-12-14-16(18)19/h1,3,17H,2,4-15H2,(H,18,19)/p-1/b3-1-. The molecular formula is C16H29O3-. The van der Waals surface area contributed by atoms with E-state index in [0.717, 1.165) is 44.9 Å². The first kappa shape index (κ1) is 18.2. The van der Waals surface area contributed by atoms with Crippen LogP contribution in [0.4, 0.5) is 0 Å². The molecule has 19 heavy (non-hydrogen) atoms. The zero-order valence-electron chi connectivity index (χ0n) is 12.1. The van der Waals surface area contributed by atoms with Gasteiger partial charge in [-0.3, -0.25) is 0 Å². The fraction of sp³-hybridized carbons (Fsp3) is 0.812. The van der Waals surface area contributed by atoms with E-state index >= 15 is 0 Å². The molecule has 0 atom stereocenters. The summed E-state index contributed by atoms with van der Waals surface area (Å²) in [5.41, 5.74) is 0. The average Bonchev–Trinajstić information content (AvgIpc) is 2.39. The van der Waals surface area contributed by atoms with Crippen LogP contribution >= 0.6 is 0 Å².